The number of rotatable bonds is 10. The second-order valence-corrected chi connectivity index (χ2v) is 10.3. The van der Waals surface area contributed by atoms with E-state index < -0.39 is 5.83 Å². The van der Waals surface area contributed by atoms with E-state index in [0.29, 0.717) is 17.8 Å². The van der Waals surface area contributed by atoms with Crippen LogP contribution >= 0.6 is 0 Å². The lowest BCUT2D eigenvalue weighted by Gasteiger charge is -2.35. The number of nitrogens with zero attached hydrogens (tertiary/aromatic N) is 1. The minimum atomic E-state index is -0.620. The van der Waals surface area contributed by atoms with E-state index in [0.717, 1.165) is 25.7 Å². The Morgan fingerprint density at radius 2 is 1.53 bits per heavy atom. The molecule has 0 atom stereocenters. The molecule has 2 fully saturated rings. The van der Waals surface area contributed by atoms with Gasteiger partial charge in [0, 0.05) is 0 Å². The Kier molecular flexibility index (Phi) is 10.0. The van der Waals surface area contributed by atoms with Crippen molar-refractivity contribution in [2.24, 2.45) is 17.8 Å². The van der Waals surface area contributed by atoms with Gasteiger partial charge in [-0.05, 0) is 105 Å². The molecule has 1 nitrogen and oxygen atoms in total. The van der Waals surface area contributed by atoms with Gasteiger partial charge in [-0.3, -0.25) is 0 Å². The highest BCUT2D eigenvalue weighted by Gasteiger charge is 2.29. The maximum absolute atomic E-state index is 13.2. The summed E-state index contributed by atoms with van der Waals surface area (Å²) in [5.41, 5.74) is 4.47. The van der Waals surface area contributed by atoms with Crippen LogP contribution in [0.1, 0.15) is 107 Å². The van der Waals surface area contributed by atoms with Crippen LogP contribution in [0, 0.1) is 29.1 Å². The summed E-state index contributed by atoms with van der Waals surface area (Å²) in [7, 11) is 0. The smallest absolute Gasteiger partial charge is 0.195 e. The lowest BCUT2D eigenvalue weighted by molar-refractivity contribution is 0.289. The van der Waals surface area contributed by atoms with Gasteiger partial charge in [0.2, 0.25) is 0 Å². The highest BCUT2D eigenvalue weighted by Crippen LogP contribution is 2.43. The summed E-state index contributed by atoms with van der Waals surface area (Å²) < 4.78 is 13.2. The molecule has 2 aliphatic rings. The standard InChI is InChI=1S/C30H42FN/c1-3-4-5-6-7-8-24-9-15-28(16-10-24)29-19-17-27(18-20-29)23(2)26-13-11-25(12-14-26)21-30(31)22-32/h9-10,15-16,21,25-27,29H,2-8,11-14,17-20H2,1H3/b30-21+. The van der Waals surface area contributed by atoms with Gasteiger partial charge in [0.05, 0.1) is 0 Å². The Morgan fingerprint density at radius 3 is 2.12 bits per heavy atom. The van der Waals surface area contributed by atoms with Crippen LogP contribution in [0.3, 0.4) is 0 Å². The molecule has 2 saturated carbocycles. The molecule has 0 heterocycles. The minimum Gasteiger partial charge on any atom is -0.195 e. The van der Waals surface area contributed by atoms with Crippen molar-refractivity contribution < 1.29 is 4.39 Å². The van der Waals surface area contributed by atoms with E-state index in [2.05, 4.69) is 37.8 Å². The molecule has 1 aromatic carbocycles. The summed E-state index contributed by atoms with van der Waals surface area (Å²) in [6.07, 6.45) is 18.7. The van der Waals surface area contributed by atoms with Crippen LogP contribution < -0.4 is 0 Å². The Labute approximate surface area is 195 Å². The van der Waals surface area contributed by atoms with E-state index in [9.17, 15) is 4.39 Å². The second-order valence-electron chi connectivity index (χ2n) is 10.3. The molecule has 174 valence electrons. The molecule has 2 aliphatic carbocycles. The highest BCUT2D eigenvalue weighted by molar-refractivity contribution is 5.26. The van der Waals surface area contributed by atoms with Gasteiger partial charge in [0.25, 0.3) is 0 Å². The van der Waals surface area contributed by atoms with Gasteiger partial charge in [-0.1, -0.05) is 69.0 Å². The summed E-state index contributed by atoms with van der Waals surface area (Å²) >= 11 is 0. The molecule has 32 heavy (non-hydrogen) atoms. The third-order valence-electron chi connectivity index (χ3n) is 8.06. The fourth-order valence-corrected chi connectivity index (χ4v) is 5.92. The van der Waals surface area contributed by atoms with Crippen molar-refractivity contribution in [3.05, 3.63) is 59.4 Å². The van der Waals surface area contributed by atoms with Gasteiger partial charge in [-0.25, -0.2) is 0 Å². The molecular formula is C30H42FN. The molecule has 2 heteroatoms. The fourth-order valence-electron chi connectivity index (χ4n) is 5.92. The molecule has 0 saturated heterocycles. The molecule has 0 aromatic heterocycles. The first kappa shape index (κ1) is 24.8. The number of nitriles is 1. The van der Waals surface area contributed by atoms with E-state index in [1.165, 1.54) is 87.0 Å². The molecule has 3 rings (SSSR count). The highest BCUT2D eigenvalue weighted by atomic mass is 19.1. The Morgan fingerprint density at radius 1 is 0.938 bits per heavy atom. The molecule has 0 unspecified atom stereocenters. The molecule has 0 radical (unpaired) electrons. The van der Waals surface area contributed by atoms with E-state index >= 15 is 0 Å². The summed E-state index contributed by atoms with van der Waals surface area (Å²) in [6.45, 7) is 6.79. The van der Waals surface area contributed by atoms with Crippen LogP contribution in [0.25, 0.3) is 0 Å². The van der Waals surface area contributed by atoms with E-state index in [-0.39, 0.29) is 5.92 Å². The van der Waals surface area contributed by atoms with Crippen LogP contribution in [0.5, 0.6) is 0 Å². The van der Waals surface area contributed by atoms with Gasteiger partial charge in [0.15, 0.2) is 5.83 Å². The Hall–Kier alpha value is -1.88. The number of allylic oxidation sites excluding steroid dienone is 3. The van der Waals surface area contributed by atoms with Crippen molar-refractivity contribution in [1.82, 2.24) is 0 Å². The van der Waals surface area contributed by atoms with Gasteiger partial charge >= 0.3 is 0 Å². The van der Waals surface area contributed by atoms with E-state index in [1.807, 2.05) is 0 Å². The first-order chi connectivity index (χ1) is 15.6. The maximum Gasteiger partial charge on any atom is 0.196 e. The topological polar surface area (TPSA) is 23.8 Å². The van der Waals surface area contributed by atoms with Crippen LogP contribution in [0.15, 0.2) is 48.3 Å². The monoisotopic (exact) mass is 435 g/mol. The SMILES string of the molecule is C=C(C1CCC(/C=C(/F)C#N)CC1)C1CCC(c2ccc(CCCCCCC)cc2)CC1. The quantitative estimate of drug-likeness (QED) is 0.204. The van der Waals surface area contributed by atoms with Gasteiger partial charge in [-0.15, -0.1) is 0 Å². The van der Waals surface area contributed by atoms with Crippen molar-refractivity contribution in [3.63, 3.8) is 0 Å². The minimum absolute atomic E-state index is 0.230. The molecule has 1 aromatic rings. The normalized spacial score (nSPS) is 26.5. The van der Waals surface area contributed by atoms with Crippen molar-refractivity contribution in [1.29, 1.82) is 5.26 Å². The summed E-state index contributed by atoms with van der Waals surface area (Å²) in [5, 5.41) is 8.65. The molecular weight excluding hydrogens is 393 g/mol. The number of hydrogen-bond donors (Lipinski definition) is 0. The first-order valence-electron chi connectivity index (χ1n) is 13.2. The average Bonchev–Trinajstić information content (AvgIpc) is 2.84. The Balaban J connectivity index is 1.40. The van der Waals surface area contributed by atoms with E-state index in [4.69, 9.17) is 5.26 Å². The summed E-state index contributed by atoms with van der Waals surface area (Å²) in [6, 6.07) is 11.1. The van der Waals surface area contributed by atoms with Crippen LogP contribution in [0.4, 0.5) is 4.39 Å². The van der Waals surface area contributed by atoms with Gasteiger partial charge < -0.3 is 0 Å². The van der Waals surface area contributed by atoms with Crippen molar-refractivity contribution in [2.45, 2.75) is 103 Å². The van der Waals surface area contributed by atoms with Crippen molar-refractivity contribution in [2.75, 3.05) is 0 Å². The lowest BCUT2D eigenvalue weighted by atomic mass is 9.70. The number of benzene rings is 1. The molecule has 0 amide bonds. The molecule has 0 N–H and O–H groups in total. The average molecular weight is 436 g/mol. The van der Waals surface area contributed by atoms with Crippen LogP contribution in [-0.4, -0.2) is 0 Å². The number of hydrogen-bond acceptors (Lipinski definition) is 1. The molecule has 0 aliphatic heterocycles. The predicted octanol–water partition coefficient (Wildman–Crippen LogP) is 9.21. The predicted molar refractivity (Wildman–Crippen MR) is 133 cm³/mol. The van der Waals surface area contributed by atoms with Crippen molar-refractivity contribution in [3.8, 4) is 6.07 Å². The zero-order chi connectivity index (χ0) is 22.8. The summed E-state index contributed by atoms with van der Waals surface area (Å²) in [4.78, 5) is 0. The maximum atomic E-state index is 13.2. The fraction of sp³-hybridized carbons (Fsp3) is 0.633. The zero-order valence-corrected chi connectivity index (χ0v) is 20.1. The second kappa shape index (κ2) is 13.0. The van der Waals surface area contributed by atoms with Crippen LogP contribution in [0.2, 0.25) is 0 Å². The zero-order valence-electron chi connectivity index (χ0n) is 20.1. The van der Waals surface area contributed by atoms with Crippen LogP contribution in [-0.2, 0) is 6.42 Å². The molecule has 0 bridgehead atoms. The number of unbranched alkanes of at least 4 members (excludes halogenated alkanes) is 4. The first-order valence-corrected chi connectivity index (χ1v) is 13.2. The lowest BCUT2D eigenvalue weighted by Crippen LogP contribution is -2.22. The third-order valence-corrected chi connectivity index (χ3v) is 8.06. The number of aryl methyl sites for hydroxylation is 1. The molecule has 0 spiro atoms. The third kappa shape index (κ3) is 7.33. The largest absolute Gasteiger partial charge is 0.196 e. The summed E-state index contributed by atoms with van der Waals surface area (Å²) in [5.74, 6) is 1.55. The van der Waals surface area contributed by atoms with Gasteiger partial charge in [0.1, 0.15) is 6.07 Å². The van der Waals surface area contributed by atoms with Crippen molar-refractivity contribution >= 4 is 0 Å². The van der Waals surface area contributed by atoms with E-state index in [1.54, 1.807) is 6.07 Å². The van der Waals surface area contributed by atoms with Gasteiger partial charge in [-0.2, -0.15) is 9.65 Å². The Bertz CT molecular complexity index is 768. The number of halogens is 1.